The number of rotatable bonds is 6. The summed E-state index contributed by atoms with van der Waals surface area (Å²) >= 11 is 0. The summed E-state index contributed by atoms with van der Waals surface area (Å²) in [5.41, 5.74) is 2.39. The fourth-order valence-electron chi connectivity index (χ4n) is 3.35. The lowest BCUT2D eigenvalue weighted by atomic mass is 10.0. The fraction of sp³-hybridized carbons (Fsp3) is 0.611. The Balaban J connectivity index is 1.29. The molecule has 128 valence electrons. The van der Waals surface area contributed by atoms with Gasteiger partial charge in [-0.25, -0.2) is 0 Å². The van der Waals surface area contributed by atoms with Crippen molar-refractivity contribution in [3.8, 4) is 0 Å². The van der Waals surface area contributed by atoms with Crippen molar-refractivity contribution in [1.29, 1.82) is 0 Å². The van der Waals surface area contributed by atoms with E-state index < -0.39 is 0 Å². The van der Waals surface area contributed by atoms with Gasteiger partial charge in [-0.15, -0.1) is 0 Å². The molecule has 1 aliphatic heterocycles. The smallest absolute Gasteiger partial charge is 0.229 e. The Bertz CT molecular complexity index is 682. The molecular formula is C18H25N5O. The largest absolute Gasteiger partial charge is 0.339 e. The lowest BCUT2D eigenvalue weighted by molar-refractivity contribution is 0.177. The highest BCUT2D eigenvalue weighted by atomic mass is 16.5. The number of nitrogens with zero attached hydrogens (tertiary/aromatic N) is 4. The monoisotopic (exact) mass is 327 g/mol. The molecule has 1 saturated carbocycles. The van der Waals surface area contributed by atoms with E-state index in [1.54, 1.807) is 0 Å². The van der Waals surface area contributed by atoms with Crippen molar-refractivity contribution in [3.63, 3.8) is 0 Å². The molecule has 0 radical (unpaired) electrons. The number of hydrogen-bond acceptors (Lipinski definition) is 6. The zero-order valence-electron chi connectivity index (χ0n) is 14.2. The molecule has 4 rings (SSSR count). The van der Waals surface area contributed by atoms with Gasteiger partial charge in [-0.05, 0) is 50.8 Å². The van der Waals surface area contributed by atoms with E-state index in [-0.39, 0.29) is 0 Å². The highest BCUT2D eigenvalue weighted by Crippen LogP contribution is 2.38. The van der Waals surface area contributed by atoms with Crippen LogP contribution >= 0.6 is 0 Å². The third kappa shape index (κ3) is 3.82. The minimum atomic E-state index is 0.508. The summed E-state index contributed by atoms with van der Waals surface area (Å²) in [6, 6.07) is 4.66. The lowest BCUT2D eigenvalue weighted by Gasteiger charge is -2.32. The first-order chi connectivity index (χ1) is 11.8. The Labute approximate surface area is 142 Å². The van der Waals surface area contributed by atoms with Crippen LogP contribution < -0.4 is 5.32 Å². The van der Waals surface area contributed by atoms with Crippen LogP contribution in [0, 0.1) is 6.92 Å². The van der Waals surface area contributed by atoms with E-state index in [4.69, 9.17) is 4.52 Å². The zero-order chi connectivity index (χ0) is 16.4. The van der Waals surface area contributed by atoms with Crippen LogP contribution in [0.2, 0.25) is 0 Å². The standard InChI is InChI=1S/C18H25N5O/c1-13-15(4-2-8-19-13)10-20-16-5-3-9-23(11-16)12-17-21-18(24-22-17)14-6-7-14/h2,4,8,14,16,20H,3,5-7,9-12H2,1H3/t16-/m1/s1. The predicted octanol–water partition coefficient (Wildman–Crippen LogP) is 2.40. The summed E-state index contributed by atoms with van der Waals surface area (Å²) in [7, 11) is 0. The van der Waals surface area contributed by atoms with E-state index in [1.807, 2.05) is 12.3 Å². The number of aryl methyl sites for hydroxylation is 1. The first kappa shape index (κ1) is 15.7. The van der Waals surface area contributed by atoms with Gasteiger partial charge in [-0.1, -0.05) is 11.2 Å². The number of pyridine rings is 1. The lowest BCUT2D eigenvalue weighted by Crippen LogP contribution is -2.45. The minimum Gasteiger partial charge on any atom is -0.339 e. The van der Waals surface area contributed by atoms with Crippen LogP contribution in [0.1, 0.15) is 54.6 Å². The summed E-state index contributed by atoms with van der Waals surface area (Å²) in [6.07, 6.45) is 6.67. The Morgan fingerprint density at radius 1 is 1.33 bits per heavy atom. The van der Waals surface area contributed by atoms with Crippen molar-refractivity contribution in [2.45, 2.75) is 57.7 Å². The summed E-state index contributed by atoms with van der Waals surface area (Å²) in [4.78, 5) is 11.3. The Morgan fingerprint density at radius 3 is 3.08 bits per heavy atom. The first-order valence-electron chi connectivity index (χ1n) is 8.96. The zero-order valence-corrected chi connectivity index (χ0v) is 14.2. The van der Waals surface area contributed by atoms with E-state index in [2.05, 4.69) is 38.3 Å². The van der Waals surface area contributed by atoms with Crippen LogP contribution in [-0.4, -0.2) is 39.2 Å². The Hall–Kier alpha value is -1.79. The minimum absolute atomic E-state index is 0.508. The number of likely N-dealkylation sites (tertiary alicyclic amines) is 1. The summed E-state index contributed by atoms with van der Waals surface area (Å²) in [6.45, 7) is 5.88. The molecule has 0 unspecified atom stereocenters. The number of aromatic nitrogens is 3. The fourth-order valence-corrected chi connectivity index (χ4v) is 3.35. The van der Waals surface area contributed by atoms with Crippen molar-refractivity contribution in [3.05, 3.63) is 41.3 Å². The second-order valence-corrected chi connectivity index (χ2v) is 7.03. The molecule has 6 nitrogen and oxygen atoms in total. The molecule has 2 aromatic heterocycles. The van der Waals surface area contributed by atoms with Crippen LogP contribution in [0.25, 0.3) is 0 Å². The maximum absolute atomic E-state index is 5.37. The van der Waals surface area contributed by atoms with Gasteiger partial charge in [0.2, 0.25) is 5.89 Å². The van der Waals surface area contributed by atoms with Gasteiger partial charge in [0.1, 0.15) is 0 Å². The molecule has 0 aromatic carbocycles. The normalized spacial score (nSPS) is 22.0. The van der Waals surface area contributed by atoms with Gasteiger partial charge in [-0.2, -0.15) is 4.98 Å². The van der Waals surface area contributed by atoms with E-state index in [9.17, 15) is 0 Å². The molecule has 24 heavy (non-hydrogen) atoms. The maximum Gasteiger partial charge on any atom is 0.229 e. The van der Waals surface area contributed by atoms with E-state index in [1.165, 1.54) is 31.2 Å². The van der Waals surface area contributed by atoms with Gasteiger partial charge < -0.3 is 9.84 Å². The summed E-state index contributed by atoms with van der Waals surface area (Å²) in [5, 5.41) is 7.83. The van der Waals surface area contributed by atoms with Gasteiger partial charge in [-0.3, -0.25) is 9.88 Å². The van der Waals surface area contributed by atoms with Gasteiger partial charge in [0.05, 0.1) is 6.54 Å². The molecule has 1 aliphatic carbocycles. The number of nitrogens with one attached hydrogen (secondary N) is 1. The van der Waals surface area contributed by atoms with E-state index >= 15 is 0 Å². The molecule has 0 amide bonds. The highest BCUT2D eigenvalue weighted by molar-refractivity contribution is 5.18. The van der Waals surface area contributed by atoms with Crippen molar-refractivity contribution in [1.82, 2.24) is 25.3 Å². The molecule has 1 saturated heterocycles. The van der Waals surface area contributed by atoms with Crippen molar-refractivity contribution < 1.29 is 4.52 Å². The number of hydrogen-bond donors (Lipinski definition) is 1. The summed E-state index contributed by atoms with van der Waals surface area (Å²) in [5.74, 6) is 2.20. The van der Waals surface area contributed by atoms with Crippen LogP contribution in [0.4, 0.5) is 0 Å². The Kier molecular flexibility index (Phi) is 4.58. The molecule has 0 bridgehead atoms. The maximum atomic E-state index is 5.37. The molecule has 1 N–H and O–H groups in total. The van der Waals surface area contributed by atoms with Crippen molar-refractivity contribution in [2.24, 2.45) is 0 Å². The van der Waals surface area contributed by atoms with E-state index in [0.717, 1.165) is 43.6 Å². The Morgan fingerprint density at radius 2 is 2.25 bits per heavy atom. The van der Waals surface area contributed by atoms with Crippen molar-refractivity contribution >= 4 is 0 Å². The van der Waals surface area contributed by atoms with Gasteiger partial charge >= 0.3 is 0 Å². The van der Waals surface area contributed by atoms with Gasteiger partial charge in [0, 0.05) is 36.9 Å². The van der Waals surface area contributed by atoms with Crippen LogP contribution in [0.15, 0.2) is 22.9 Å². The van der Waals surface area contributed by atoms with Crippen LogP contribution in [0.5, 0.6) is 0 Å². The van der Waals surface area contributed by atoms with Crippen LogP contribution in [-0.2, 0) is 13.1 Å². The number of piperidine rings is 1. The molecule has 2 aromatic rings. The predicted molar refractivity (Wildman–Crippen MR) is 90.4 cm³/mol. The van der Waals surface area contributed by atoms with E-state index in [0.29, 0.717) is 12.0 Å². The van der Waals surface area contributed by atoms with Gasteiger partial charge in [0.25, 0.3) is 0 Å². The highest BCUT2D eigenvalue weighted by Gasteiger charge is 2.30. The second-order valence-electron chi connectivity index (χ2n) is 7.03. The molecular weight excluding hydrogens is 302 g/mol. The molecule has 6 heteroatoms. The first-order valence-corrected chi connectivity index (χ1v) is 8.96. The third-order valence-electron chi connectivity index (χ3n) is 4.98. The average molecular weight is 327 g/mol. The topological polar surface area (TPSA) is 67.1 Å². The quantitative estimate of drug-likeness (QED) is 0.879. The summed E-state index contributed by atoms with van der Waals surface area (Å²) < 4.78 is 5.37. The SMILES string of the molecule is Cc1ncccc1CN[C@@H]1CCCN(Cc2noc(C3CC3)n2)C1. The van der Waals surface area contributed by atoms with Crippen LogP contribution in [0.3, 0.4) is 0 Å². The van der Waals surface area contributed by atoms with Crippen molar-refractivity contribution in [2.75, 3.05) is 13.1 Å². The average Bonchev–Trinajstić information content (AvgIpc) is 3.35. The van der Waals surface area contributed by atoms with Gasteiger partial charge in [0.15, 0.2) is 5.82 Å². The molecule has 3 heterocycles. The second kappa shape index (κ2) is 6.99. The molecule has 0 spiro atoms. The third-order valence-corrected chi connectivity index (χ3v) is 4.98. The molecule has 2 aliphatic rings. The molecule has 1 atom stereocenters. The molecule has 2 fully saturated rings.